The van der Waals surface area contributed by atoms with Crippen LogP contribution in [-0.4, -0.2) is 79.6 Å². The van der Waals surface area contributed by atoms with Crippen molar-refractivity contribution in [1.29, 1.82) is 0 Å². The number of piperazine rings is 1. The van der Waals surface area contributed by atoms with Crippen LogP contribution in [0.25, 0.3) is 10.1 Å². The van der Waals surface area contributed by atoms with Crippen molar-refractivity contribution in [3.63, 3.8) is 0 Å². The van der Waals surface area contributed by atoms with Gasteiger partial charge in [-0.3, -0.25) is 9.78 Å². The second kappa shape index (κ2) is 7.04. The largest absolute Gasteiger partial charge is 0.361 e. The van der Waals surface area contributed by atoms with Crippen LogP contribution in [0.4, 0.5) is 5.00 Å². The molecule has 6 nitrogen and oxygen atoms in total. The molecule has 3 saturated heterocycles. The fourth-order valence-electron chi connectivity index (χ4n) is 4.65. The molecule has 3 fully saturated rings. The van der Waals surface area contributed by atoms with Crippen molar-refractivity contribution < 1.29 is 4.79 Å². The summed E-state index contributed by atoms with van der Waals surface area (Å²) < 4.78 is 1.15. The maximum Gasteiger partial charge on any atom is 0.270 e. The van der Waals surface area contributed by atoms with Crippen molar-refractivity contribution in [2.75, 3.05) is 57.8 Å². The van der Waals surface area contributed by atoms with E-state index in [9.17, 15) is 4.79 Å². The van der Waals surface area contributed by atoms with E-state index in [0.29, 0.717) is 5.69 Å². The van der Waals surface area contributed by atoms with Crippen molar-refractivity contribution in [2.24, 2.45) is 5.92 Å². The van der Waals surface area contributed by atoms with Crippen LogP contribution in [-0.2, 0) is 0 Å². The predicted molar refractivity (Wildman–Crippen MR) is 110 cm³/mol. The van der Waals surface area contributed by atoms with E-state index < -0.39 is 0 Å². The van der Waals surface area contributed by atoms with Gasteiger partial charge in [-0.15, -0.1) is 11.3 Å². The fraction of sp³-hybridized carbons (Fsp3) is 0.600. The van der Waals surface area contributed by atoms with Crippen LogP contribution in [0, 0.1) is 5.92 Å². The smallest absolute Gasteiger partial charge is 0.270 e. The van der Waals surface area contributed by atoms with Gasteiger partial charge in [-0.25, -0.2) is 0 Å². The number of pyridine rings is 1. The molecule has 5 rings (SSSR count). The molecule has 3 aliphatic rings. The highest BCUT2D eigenvalue weighted by atomic mass is 32.1. The molecular weight excluding hydrogens is 358 g/mol. The Morgan fingerprint density at radius 1 is 1.19 bits per heavy atom. The zero-order valence-corrected chi connectivity index (χ0v) is 16.7. The van der Waals surface area contributed by atoms with Crippen LogP contribution < -0.4 is 10.2 Å². The summed E-state index contributed by atoms with van der Waals surface area (Å²) in [4.78, 5) is 24.5. The normalized spacial score (nSPS) is 28.6. The van der Waals surface area contributed by atoms with Gasteiger partial charge in [0, 0.05) is 61.6 Å². The molecule has 0 saturated carbocycles. The average molecular weight is 386 g/mol. The molecule has 27 heavy (non-hydrogen) atoms. The lowest BCUT2D eigenvalue weighted by Crippen LogP contribution is -2.47. The number of carbonyl (C=O) groups excluding carboxylic acids is 1. The summed E-state index contributed by atoms with van der Waals surface area (Å²) in [6, 6.07) is 4.44. The third-order valence-electron chi connectivity index (χ3n) is 6.24. The van der Waals surface area contributed by atoms with Crippen molar-refractivity contribution in [3.05, 3.63) is 24.0 Å². The highest BCUT2D eigenvalue weighted by Gasteiger charge is 2.33. The summed E-state index contributed by atoms with van der Waals surface area (Å²) in [6.45, 7) is 7.69. The Morgan fingerprint density at radius 2 is 2.04 bits per heavy atom. The van der Waals surface area contributed by atoms with Crippen molar-refractivity contribution in [1.82, 2.24) is 20.1 Å². The van der Waals surface area contributed by atoms with Crippen LogP contribution >= 0.6 is 11.3 Å². The number of nitrogens with zero attached hydrogens (tertiary/aromatic N) is 4. The van der Waals surface area contributed by atoms with E-state index in [0.717, 1.165) is 55.1 Å². The summed E-state index contributed by atoms with van der Waals surface area (Å²) in [5.74, 6) is 0.724. The molecule has 1 unspecified atom stereocenters. The van der Waals surface area contributed by atoms with Crippen molar-refractivity contribution in [3.8, 4) is 0 Å². The molecule has 5 heterocycles. The zero-order chi connectivity index (χ0) is 18.4. The summed E-state index contributed by atoms with van der Waals surface area (Å²) in [5, 5.41) is 5.64. The van der Waals surface area contributed by atoms with Crippen LogP contribution in [0.15, 0.2) is 18.3 Å². The molecule has 1 amide bonds. The van der Waals surface area contributed by atoms with E-state index in [-0.39, 0.29) is 11.9 Å². The van der Waals surface area contributed by atoms with Crippen LogP contribution in [0.5, 0.6) is 0 Å². The summed E-state index contributed by atoms with van der Waals surface area (Å²) in [6.07, 6.45) is 4.24. The second-order valence-electron chi connectivity index (χ2n) is 8.30. The number of aromatic nitrogens is 1. The first-order valence-corrected chi connectivity index (χ1v) is 10.8. The minimum absolute atomic E-state index is 0.0288. The first-order chi connectivity index (χ1) is 13.1. The van der Waals surface area contributed by atoms with Crippen LogP contribution in [0.2, 0.25) is 0 Å². The third-order valence-corrected chi connectivity index (χ3v) is 7.40. The molecule has 0 aliphatic carbocycles. The van der Waals surface area contributed by atoms with Crippen molar-refractivity contribution in [2.45, 2.75) is 18.9 Å². The summed E-state index contributed by atoms with van der Waals surface area (Å²) in [7, 11) is 2.17. The molecule has 1 N–H and O–H groups in total. The summed E-state index contributed by atoms with van der Waals surface area (Å²) >= 11 is 1.77. The van der Waals surface area contributed by atoms with Gasteiger partial charge in [-0.2, -0.15) is 0 Å². The third kappa shape index (κ3) is 3.56. The molecule has 0 radical (unpaired) electrons. The Labute approximate surface area is 164 Å². The van der Waals surface area contributed by atoms with E-state index in [1.807, 2.05) is 12.3 Å². The average Bonchev–Trinajstić information content (AvgIpc) is 3.24. The van der Waals surface area contributed by atoms with Gasteiger partial charge in [0.15, 0.2) is 0 Å². The second-order valence-corrected chi connectivity index (χ2v) is 9.36. The van der Waals surface area contributed by atoms with E-state index in [1.165, 1.54) is 24.5 Å². The number of hydrogen-bond acceptors (Lipinski definition) is 6. The van der Waals surface area contributed by atoms with Gasteiger partial charge in [-0.1, -0.05) is 0 Å². The molecular formula is C20H27N5OS. The van der Waals surface area contributed by atoms with Crippen LogP contribution in [0.3, 0.4) is 0 Å². The van der Waals surface area contributed by atoms with Gasteiger partial charge >= 0.3 is 0 Å². The molecule has 0 aromatic carbocycles. The lowest BCUT2D eigenvalue weighted by Gasteiger charge is -2.32. The summed E-state index contributed by atoms with van der Waals surface area (Å²) in [5.41, 5.74) is 0.544. The molecule has 3 aliphatic heterocycles. The topological polar surface area (TPSA) is 51.7 Å². The predicted octanol–water partition coefficient (Wildman–Crippen LogP) is 1.87. The Bertz CT molecular complexity index is 832. The number of anilines is 1. The fourth-order valence-corrected chi connectivity index (χ4v) is 5.77. The number of thiophene rings is 1. The van der Waals surface area contributed by atoms with Gasteiger partial charge in [-0.05, 0) is 44.5 Å². The maximum absolute atomic E-state index is 12.7. The number of rotatable bonds is 3. The Morgan fingerprint density at radius 3 is 2.85 bits per heavy atom. The lowest BCUT2D eigenvalue weighted by molar-refractivity contribution is 0.0904. The van der Waals surface area contributed by atoms with Crippen molar-refractivity contribution >= 4 is 32.3 Å². The van der Waals surface area contributed by atoms with Gasteiger partial charge in [0.05, 0.1) is 5.00 Å². The molecule has 144 valence electrons. The quantitative estimate of drug-likeness (QED) is 0.874. The minimum atomic E-state index is -0.0288. The number of nitrogens with one attached hydrogen (secondary N) is 1. The minimum Gasteiger partial charge on any atom is -0.361 e. The zero-order valence-electron chi connectivity index (χ0n) is 15.9. The highest BCUT2D eigenvalue weighted by Crippen LogP contribution is 2.33. The number of carbonyl (C=O) groups is 1. The molecule has 7 heteroatoms. The van der Waals surface area contributed by atoms with Crippen LogP contribution in [0.1, 0.15) is 23.3 Å². The number of piperidine rings is 1. The maximum atomic E-state index is 12.7. The van der Waals surface area contributed by atoms with Gasteiger partial charge < -0.3 is 20.0 Å². The molecule has 0 spiro atoms. The van der Waals surface area contributed by atoms with Gasteiger partial charge in [0.25, 0.3) is 5.91 Å². The molecule has 3 atom stereocenters. The first kappa shape index (κ1) is 17.4. The van der Waals surface area contributed by atoms with E-state index >= 15 is 0 Å². The number of likely N-dealkylation sites (N-methyl/N-ethyl adjacent to an activating group) is 1. The molecule has 2 aromatic rings. The lowest BCUT2D eigenvalue weighted by atomic mass is 9.97. The molecule has 2 aromatic heterocycles. The Balaban J connectivity index is 1.29. The molecule has 2 bridgehead atoms. The highest BCUT2D eigenvalue weighted by molar-refractivity contribution is 7.22. The van der Waals surface area contributed by atoms with E-state index in [2.05, 4.69) is 38.1 Å². The van der Waals surface area contributed by atoms with Gasteiger partial charge in [0.1, 0.15) is 5.69 Å². The Hall–Kier alpha value is -1.70. The standard InChI is InChI=1S/C20H27N5OS/c1-23-4-6-25(7-5-23)19-9-15-11-21-17(10-18(15)27-19)20(26)22-16-8-14-2-3-24(12-14)13-16/h9-11,14,16H,2-8,12-13H2,1H3,(H,22,26)/t14-,16-/m1/s1. The Kier molecular flexibility index (Phi) is 4.53. The van der Waals surface area contributed by atoms with E-state index in [1.54, 1.807) is 11.3 Å². The SMILES string of the molecule is CN1CCN(c2cc3cnc(C(=O)N[C@@H]4C[C@H]5CCN(C5)C4)cc3s2)CC1. The number of fused-ring (bicyclic) bond motifs is 3. The monoisotopic (exact) mass is 385 g/mol. The van der Waals surface area contributed by atoms with Gasteiger partial charge in [0.2, 0.25) is 0 Å². The van der Waals surface area contributed by atoms with E-state index in [4.69, 9.17) is 0 Å². The number of amides is 1. The number of hydrogen-bond donors (Lipinski definition) is 1. The first-order valence-electron chi connectivity index (χ1n) is 10.0.